The molecule has 0 bridgehead atoms. The van der Waals surface area contributed by atoms with Gasteiger partial charge in [-0.1, -0.05) is 95.9 Å². The van der Waals surface area contributed by atoms with Crippen LogP contribution in [0.1, 0.15) is 103 Å². The second-order valence-electron chi connectivity index (χ2n) is 9.37. The van der Waals surface area contributed by atoms with Crippen molar-refractivity contribution in [2.75, 3.05) is 6.61 Å². The van der Waals surface area contributed by atoms with Crippen molar-refractivity contribution in [1.29, 1.82) is 0 Å². The Hall–Kier alpha value is -2.04. The van der Waals surface area contributed by atoms with Crippen molar-refractivity contribution in [1.82, 2.24) is 9.97 Å². The lowest BCUT2D eigenvalue weighted by Crippen LogP contribution is -2.13. The van der Waals surface area contributed by atoms with Crippen molar-refractivity contribution in [3.63, 3.8) is 0 Å². The van der Waals surface area contributed by atoms with Crippen molar-refractivity contribution >= 4 is 0 Å². The second-order valence-corrected chi connectivity index (χ2v) is 9.37. The van der Waals surface area contributed by atoms with Crippen LogP contribution in [0.25, 0.3) is 11.4 Å². The summed E-state index contributed by atoms with van der Waals surface area (Å²) in [7, 11) is 0. The minimum atomic E-state index is -1.18. The van der Waals surface area contributed by atoms with Crippen LogP contribution < -0.4 is 4.74 Å². The van der Waals surface area contributed by atoms with Crippen LogP contribution in [0.4, 0.5) is 8.78 Å². The number of aryl methyl sites for hydroxylation is 1. The van der Waals surface area contributed by atoms with Gasteiger partial charge in [0.2, 0.25) is 0 Å². The third kappa shape index (κ3) is 11.9. The SMILES string of the molecule is CCCCCCCCCCCc1ccc(-c2ncc(OCCC(F)CC(F)CCC)cn2)cc1. The van der Waals surface area contributed by atoms with Gasteiger partial charge >= 0.3 is 0 Å². The zero-order valence-electron chi connectivity index (χ0n) is 21.3. The van der Waals surface area contributed by atoms with Crippen LogP contribution in [0.3, 0.4) is 0 Å². The highest BCUT2D eigenvalue weighted by Gasteiger charge is 2.14. The van der Waals surface area contributed by atoms with Crippen LogP contribution in [0, 0.1) is 0 Å². The van der Waals surface area contributed by atoms with E-state index in [-0.39, 0.29) is 19.4 Å². The van der Waals surface area contributed by atoms with Gasteiger partial charge in [0.1, 0.15) is 12.3 Å². The van der Waals surface area contributed by atoms with Crippen LogP contribution in [-0.2, 0) is 6.42 Å². The van der Waals surface area contributed by atoms with Crippen molar-refractivity contribution in [2.24, 2.45) is 0 Å². The maximum atomic E-state index is 13.8. The average molecular weight is 475 g/mol. The van der Waals surface area contributed by atoms with Gasteiger partial charge in [-0.3, -0.25) is 0 Å². The topological polar surface area (TPSA) is 35.0 Å². The molecule has 0 aliphatic carbocycles. The van der Waals surface area contributed by atoms with Gasteiger partial charge < -0.3 is 4.74 Å². The fourth-order valence-electron chi connectivity index (χ4n) is 4.13. The molecule has 0 saturated carbocycles. The number of aromatic nitrogens is 2. The predicted molar refractivity (Wildman–Crippen MR) is 138 cm³/mol. The van der Waals surface area contributed by atoms with E-state index in [1.165, 1.54) is 63.4 Å². The number of rotatable bonds is 19. The fraction of sp³-hybridized carbons (Fsp3) is 0.655. The highest BCUT2D eigenvalue weighted by atomic mass is 19.1. The summed E-state index contributed by atoms with van der Waals surface area (Å²) in [6, 6.07) is 8.45. The van der Waals surface area contributed by atoms with E-state index in [1.54, 1.807) is 12.4 Å². The third-order valence-electron chi connectivity index (χ3n) is 6.22. The van der Waals surface area contributed by atoms with E-state index >= 15 is 0 Å². The van der Waals surface area contributed by atoms with E-state index in [9.17, 15) is 8.78 Å². The molecule has 190 valence electrons. The van der Waals surface area contributed by atoms with Gasteiger partial charge in [-0.05, 0) is 24.8 Å². The quantitative estimate of drug-likeness (QED) is 0.191. The van der Waals surface area contributed by atoms with E-state index in [2.05, 4.69) is 41.2 Å². The number of ether oxygens (including phenoxy) is 1. The summed E-state index contributed by atoms with van der Waals surface area (Å²) in [6.45, 7) is 4.36. The van der Waals surface area contributed by atoms with Crippen LogP contribution in [0.5, 0.6) is 5.75 Å². The average Bonchev–Trinajstić information content (AvgIpc) is 2.84. The molecule has 1 heterocycles. The van der Waals surface area contributed by atoms with Crippen molar-refractivity contribution in [3.05, 3.63) is 42.2 Å². The lowest BCUT2D eigenvalue weighted by atomic mass is 10.0. The number of alkyl halides is 2. The molecule has 34 heavy (non-hydrogen) atoms. The first-order valence-corrected chi connectivity index (χ1v) is 13.4. The van der Waals surface area contributed by atoms with Gasteiger partial charge in [0, 0.05) is 18.4 Å². The Morgan fingerprint density at radius 3 is 1.94 bits per heavy atom. The van der Waals surface area contributed by atoms with Crippen LogP contribution in [0.15, 0.2) is 36.7 Å². The molecule has 0 amide bonds. The summed E-state index contributed by atoms with van der Waals surface area (Å²) in [6.07, 6.45) is 15.5. The lowest BCUT2D eigenvalue weighted by molar-refractivity contribution is 0.176. The maximum absolute atomic E-state index is 13.8. The highest BCUT2D eigenvalue weighted by Crippen LogP contribution is 2.20. The van der Waals surface area contributed by atoms with E-state index in [1.807, 2.05) is 6.92 Å². The molecule has 0 fully saturated rings. The van der Waals surface area contributed by atoms with E-state index < -0.39 is 12.3 Å². The summed E-state index contributed by atoms with van der Waals surface area (Å²) in [5.74, 6) is 1.15. The summed E-state index contributed by atoms with van der Waals surface area (Å²) in [5.41, 5.74) is 2.32. The summed E-state index contributed by atoms with van der Waals surface area (Å²) < 4.78 is 32.9. The molecular formula is C29H44F2N2O. The summed E-state index contributed by atoms with van der Waals surface area (Å²) in [5, 5.41) is 0. The smallest absolute Gasteiger partial charge is 0.159 e. The van der Waals surface area contributed by atoms with Gasteiger partial charge in [0.15, 0.2) is 11.6 Å². The number of nitrogens with zero attached hydrogens (tertiary/aromatic N) is 2. The van der Waals surface area contributed by atoms with E-state index in [0.29, 0.717) is 18.0 Å². The van der Waals surface area contributed by atoms with Gasteiger partial charge in [-0.15, -0.1) is 0 Å². The monoisotopic (exact) mass is 474 g/mol. The fourth-order valence-corrected chi connectivity index (χ4v) is 4.13. The molecule has 1 aromatic carbocycles. The normalized spacial score (nSPS) is 13.1. The van der Waals surface area contributed by atoms with Crippen LogP contribution in [0.2, 0.25) is 0 Å². The number of hydrogen-bond acceptors (Lipinski definition) is 3. The largest absolute Gasteiger partial charge is 0.490 e. The molecular weight excluding hydrogens is 430 g/mol. The Kier molecular flexibility index (Phi) is 14.4. The summed E-state index contributed by atoms with van der Waals surface area (Å²) >= 11 is 0. The summed E-state index contributed by atoms with van der Waals surface area (Å²) in [4.78, 5) is 8.76. The zero-order chi connectivity index (χ0) is 24.4. The number of benzene rings is 1. The molecule has 0 N–H and O–H groups in total. The first-order valence-electron chi connectivity index (χ1n) is 13.4. The van der Waals surface area contributed by atoms with Gasteiger partial charge in [-0.2, -0.15) is 0 Å². The molecule has 0 aliphatic heterocycles. The molecule has 0 radical (unpaired) electrons. The Morgan fingerprint density at radius 1 is 0.735 bits per heavy atom. The number of hydrogen-bond donors (Lipinski definition) is 0. The molecule has 2 aromatic rings. The standard InChI is InChI=1S/C29H44F2N2O/c1-3-5-6-7-8-9-10-11-12-14-24-15-17-25(18-16-24)29-32-22-28(23-33-29)34-20-19-27(31)21-26(30)13-4-2/h15-18,22-23,26-27H,3-14,19-21H2,1-2H3. The Labute approximate surface area is 205 Å². The van der Waals surface area contributed by atoms with E-state index in [0.717, 1.165) is 18.4 Å². The third-order valence-corrected chi connectivity index (χ3v) is 6.22. The van der Waals surface area contributed by atoms with Gasteiger partial charge in [0.25, 0.3) is 0 Å². The first-order chi connectivity index (χ1) is 16.6. The molecule has 2 rings (SSSR count). The predicted octanol–water partition coefficient (Wildman–Crippen LogP) is 8.85. The van der Waals surface area contributed by atoms with Gasteiger partial charge in [-0.25, -0.2) is 18.7 Å². The molecule has 0 spiro atoms. The Morgan fingerprint density at radius 2 is 1.32 bits per heavy atom. The highest BCUT2D eigenvalue weighted by molar-refractivity contribution is 5.55. The molecule has 5 heteroatoms. The number of unbranched alkanes of at least 4 members (excludes halogenated alkanes) is 8. The Bertz CT molecular complexity index is 752. The lowest BCUT2D eigenvalue weighted by Gasteiger charge is -2.12. The second kappa shape index (κ2) is 17.4. The van der Waals surface area contributed by atoms with E-state index in [4.69, 9.17) is 4.74 Å². The van der Waals surface area contributed by atoms with Crippen molar-refractivity contribution in [3.8, 4) is 17.1 Å². The Balaban J connectivity index is 1.64. The maximum Gasteiger partial charge on any atom is 0.159 e. The molecule has 1 aromatic heterocycles. The minimum absolute atomic E-state index is 0.0538. The van der Waals surface area contributed by atoms with Gasteiger partial charge in [0.05, 0.1) is 19.0 Å². The van der Waals surface area contributed by atoms with Crippen LogP contribution in [-0.4, -0.2) is 28.9 Å². The van der Waals surface area contributed by atoms with Crippen LogP contribution >= 0.6 is 0 Å². The van der Waals surface area contributed by atoms with Crippen molar-refractivity contribution < 1.29 is 13.5 Å². The minimum Gasteiger partial charge on any atom is -0.490 e. The molecule has 2 unspecified atom stereocenters. The molecule has 0 aliphatic rings. The van der Waals surface area contributed by atoms with Crippen molar-refractivity contribution in [2.45, 2.75) is 116 Å². The molecule has 0 saturated heterocycles. The first kappa shape index (κ1) is 28.2. The molecule has 2 atom stereocenters. The number of halogens is 2. The molecule has 3 nitrogen and oxygen atoms in total. The zero-order valence-corrected chi connectivity index (χ0v) is 21.3.